The minimum Gasteiger partial charge on any atom is -0.490 e. The molecule has 0 saturated carbocycles. The third-order valence-electron chi connectivity index (χ3n) is 5.69. The number of β-amino-alcohol motifs (C(OH)–C–C–N with tert-alkyl or cyclic N) is 1. The summed E-state index contributed by atoms with van der Waals surface area (Å²) in [6.07, 6.45) is 1.43. The maximum Gasteiger partial charge on any atom is 0.257 e. The average Bonchev–Trinajstić information content (AvgIpc) is 2.76. The summed E-state index contributed by atoms with van der Waals surface area (Å²) < 4.78 is 19.4. The van der Waals surface area contributed by atoms with Gasteiger partial charge in [0.1, 0.15) is 0 Å². The van der Waals surface area contributed by atoms with E-state index in [0.29, 0.717) is 25.6 Å². The molecular formula is C24H31FN2O3. The number of para-hydroxylation sites is 1. The number of ether oxygens (including phenoxy) is 1. The smallest absolute Gasteiger partial charge is 0.257 e. The Kier molecular flexibility index (Phi) is 7.82. The molecule has 1 unspecified atom stereocenters. The van der Waals surface area contributed by atoms with E-state index in [-0.39, 0.29) is 17.2 Å². The molecule has 1 aliphatic heterocycles. The zero-order valence-corrected chi connectivity index (χ0v) is 17.8. The van der Waals surface area contributed by atoms with Crippen molar-refractivity contribution in [2.75, 3.05) is 39.8 Å². The van der Waals surface area contributed by atoms with Crippen LogP contribution in [0.3, 0.4) is 0 Å². The SMILES string of the molecule is CCOc1c(F)cccc1C(=O)N(C)CC1CCN(CC(O)c2ccccc2)CC1. The van der Waals surface area contributed by atoms with Crippen molar-refractivity contribution in [3.05, 3.63) is 65.5 Å². The molecule has 0 spiro atoms. The zero-order chi connectivity index (χ0) is 21.5. The second kappa shape index (κ2) is 10.5. The lowest BCUT2D eigenvalue weighted by atomic mass is 9.95. The van der Waals surface area contributed by atoms with E-state index < -0.39 is 11.9 Å². The van der Waals surface area contributed by atoms with Gasteiger partial charge in [0.25, 0.3) is 5.91 Å². The molecule has 1 aliphatic rings. The fourth-order valence-electron chi connectivity index (χ4n) is 4.02. The Labute approximate surface area is 178 Å². The summed E-state index contributed by atoms with van der Waals surface area (Å²) in [5.74, 6) is -0.323. The van der Waals surface area contributed by atoms with Crippen molar-refractivity contribution in [1.29, 1.82) is 0 Å². The van der Waals surface area contributed by atoms with Crippen molar-refractivity contribution >= 4 is 5.91 Å². The van der Waals surface area contributed by atoms with Gasteiger partial charge in [0.2, 0.25) is 0 Å². The van der Waals surface area contributed by atoms with Crippen LogP contribution >= 0.6 is 0 Å². The number of nitrogens with zero attached hydrogens (tertiary/aromatic N) is 2. The van der Waals surface area contributed by atoms with Crippen molar-refractivity contribution in [3.63, 3.8) is 0 Å². The molecule has 5 nitrogen and oxygen atoms in total. The van der Waals surface area contributed by atoms with E-state index in [4.69, 9.17) is 4.74 Å². The highest BCUT2D eigenvalue weighted by molar-refractivity contribution is 5.96. The number of benzene rings is 2. The molecule has 0 radical (unpaired) electrons. The predicted molar refractivity (Wildman–Crippen MR) is 115 cm³/mol. The van der Waals surface area contributed by atoms with Crippen molar-refractivity contribution < 1.29 is 19.0 Å². The van der Waals surface area contributed by atoms with Gasteiger partial charge in [0.05, 0.1) is 18.3 Å². The number of hydrogen-bond donors (Lipinski definition) is 1. The summed E-state index contributed by atoms with van der Waals surface area (Å²) in [6.45, 7) is 5.09. The Morgan fingerprint density at radius 2 is 1.90 bits per heavy atom. The molecule has 1 amide bonds. The highest BCUT2D eigenvalue weighted by atomic mass is 19.1. The third kappa shape index (κ3) is 5.58. The fourth-order valence-corrected chi connectivity index (χ4v) is 4.02. The summed E-state index contributed by atoms with van der Waals surface area (Å²) >= 11 is 0. The molecular weight excluding hydrogens is 383 g/mol. The summed E-state index contributed by atoms with van der Waals surface area (Å²) in [5, 5.41) is 10.4. The molecule has 2 aromatic carbocycles. The largest absolute Gasteiger partial charge is 0.490 e. The molecule has 1 fully saturated rings. The molecule has 1 heterocycles. The van der Waals surface area contributed by atoms with E-state index in [1.807, 2.05) is 30.3 Å². The molecule has 2 aromatic rings. The van der Waals surface area contributed by atoms with Gasteiger partial charge < -0.3 is 19.6 Å². The van der Waals surface area contributed by atoms with Crippen LogP contribution in [-0.2, 0) is 0 Å². The number of aliphatic hydroxyl groups is 1. The van der Waals surface area contributed by atoms with Crippen molar-refractivity contribution in [3.8, 4) is 5.75 Å². The van der Waals surface area contributed by atoms with Gasteiger partial charge in [-0.15, -0.1) is 0 Å². The lowest BCUT2D eigenvalue weighted by Crippen LogP contribution is -2.40. The Hall–Kier alpha value is -2.44. The minimum absolute atomic E-state index is 0.0292. The number of aliphatic hydroxyl groups excluding tert-OH is 1. The molecule has 1 atom stereocenters. The van der Waals surface area contributed by atoms with E-state index in [9.17, 15) is 14.3 Å². The van der Waals surface area contributed by atoms with Crippen LogP contribution in [0.1, 0.15) is 41.8 Å². The number of carbonyl (C=O) groups is 1. The first-order chi connectivity index (χ1) is 14.5. The van der Waals surface area contributed by atoms with Crippen LogP contribution in [0.15, 0.2) is 48.5 Å². The van der Waals surface area contributed by atoms with Gasteiger partial charge >= 0.3 is 0 Å². The van der Waals surface area contributed by atoms with E-state index in [1.165, 1.54) is 12.1 Å². The van der Waals surface area contributed by atoms with Crippen LogP contribution in [0.2, 0.25) is 0 Å². The Balaban J connectivity index is 1.51. The first-order valence-corrected chi connectivity index (χ1v) is 10.6. The summed E-state index contributed by atoms with van der Waals surface area (Å²) in [7, 11) is 1.76. The van der Waals surface area contributed by atoms with Crippen molar-refractivity contribution in [2.45, 2.75) is 25.9 Å². The standard InChI is InChI=1S/C24H31FN2O3/c1-3-30-23-20(10-7-11-21(23)25)24(29)26(2)16-18-12-14-27(15-13-18)17-22(28)19-8-5-4-6-9-19/h4-11,18,22,28H,3,12-17H2,1-2H3. The van der Waals surface area contributed by atoms with Gasteiger partial charge in [-0.2, -0.15) is 0 Å². The second-order valence-electron chi connectivity index (χ2n) is 7.91. The van der Waals surface area contributed by atoms with Crippen molar-refractivity contribution in [2.24, 2.45) is 5.92 Å². The number of amides is 1. The fraction of sp³-hybridized carbons (Fsp3) is 0.458. The molecule has 1 saturated heterocycles. The number of hydrogen-bond acceptors (Lipinski definition) is 4. The predicted octanol–water partition coefficient (Wildman–Crippen LogP) is 3.74. The summed E-state index contributed by atoms with van der Waals surface area (Å²) in [4.78, 5) is 16.8. The lowest BCUT2D eigenvalue weighted by Gasteiger charge is -2.35. The summed E-state index contributed by atoms with van der Waals surface area (Å²) in [6, 6.07) is 14.2. The van der Waals surface area contributed by atoms with Gasteiger partial charge in [-0.1, -0.05) is 36.4 Å². The minimum atomic E-state index is -0.513. The summed E-state index contributed by atoms with van der Waals surface area (Å²) in [5.41, 5.74) is 1.20. The third-order valence-corrected chi connectivity index (χ3v) is 5.69. The quantitative estimate of drug-likeness (QED) is 0.715. The van der Waals surface area contributed by atoms with Gasteiger partial charge in [0.15, 0.2) is 11.6 Å². The highest BCUT2D eigenvalue weighted by Gasteiger charge is 2.25. The van der Waals surface area contributed by atoms with Crippen LogP contribution in [0.5, 0.6) is 5.75 Å². The monoisotopic (exact) mass is 414 g/mol. The molecule has 0 bridgehead atoms. The number of rotatable bonds is 8. The van der Waals surface area contributed by atoms with E-state index in [1.54, 1.807) is 24.9 Å². The van der Waals surface area contributed by atoms with Gasteiger partial charge in [-0.25, -0.2) is 4.39 Å². The van der Waals surface area contributed by atoms with E-state index in [0.717, 1.165) is 31.5 Å². The number of carbonyl (C=O) groups excluding carboxylic acids is 1. The van der Waals surface area contributed by atoms with Crippen LogP contribution in [0.4, 0.5) is 4.39 Å². The topological polar surface area (TPSA) is 53.0 Å². The molecule has 1 N–H and O–H groups in total. The number of likely N-dealkylation sites (tertiary alicyclic amines) is 1. The van der Waals surface area contributed by atoms with Gasteiger partial charge in [-0.05, 0) is 56.5 Å². The lowest BCUT2D eigenvalue weighted by molar-refractivity contribution is 0.0678. The second-order valence-corrected chi connectivity index (χ2v) is 7.91. The molecule has 3 rings (SSSR count). The van der Waals surface area contributed by atoms with Crippen molar-refractivity contribution in [1.82, 2.24) is 9.80 Å². The van der Waals surface area contributed by atoms with E-state index in [2.05, 4.69) is 4.90 Å². The molecule has 6 heteroatoms. The van der Waals surface area contributed by atoms with Crippen LogP contribution in [-0.4, -0.2) is 60.6 Å². The Morgan fingerprint density at radius 1 is 1.20 bits per heavy atom. The maximum absolute atomic E-state index is 14.1. The molecule has 30 heavy (non-hydrogen) atoms. The molecule has 162 valence electrons. The number of halogens is 1. The van der Waals surface area contributed by atoms with Gasteiger partial charge in [0, 0.05) is 20.1 Å². The molecule has 0 aromatic heterocycles. The highest BCUT2D eigenvalue weighted by Crippen LogP contribution is 2.26. The Morgan fingerprint density at radius 3 is 2.57 bits per heavy atom. The molecule has 0 aliphatic carbocycles. The van der Waals surface area contributed by atoms with Crippen LogP contribution in [0, 0.1) is 11.7 Å². The first-order valence-electron chi connectivity index (χ1n) is 10.6. The normalized spacial score (nSPS) is 16.3. The average molecular weight is 415 g/mol. The zero-order valence-electron chi connectivity index (χ0n) is 17.8. The maximum atomic E-state index is 14.1. The number of piperidine rings is 1. The van der Waals surface area contributed by atoms with E-state index >= 15 is 0 Å². The van der Waals surface area contributed by atoms with Gasteiger partial charge in [-0.3, -0.25) is 4.79 Å². The van der Waals surface area contributed by atoms with Crippen LogP contribution < -0.4 is 4.74 Å². The van der Waals surface area contributed by atoms with Crippen LogP contribution in [0.25, 0.3) is 0 Å². The first kappa shape index (κ1) is 22.2. The Bertz CT molecular complexity index is 822.